The lowest BCUT2D eigenvalue weighted by Gasteiger charge is -2.33. The van der Waals surface area contributed by atoms with E-state index in [4.69, 9.17) is 14.5 Å². The number of fused-ring (bicyclic) bond motifs is 3. The zero-order valence-corrected chi connectivity index (χ0v) is 17.1. The van der Waals surface area contributed by atoms with Crippen molar-refractivity contribution in [3.63, 3.8) is 0 Å². The van der Waals surface area contributed by atoms with E-state index in [1.165, 1.54) is 9.13 Å². The number of hydrogen-bond acceptors (Lipinski definition) is 6. The Balaban J connectivity index is 1.99. The summed E-state index contributed by atoms with van der Waals surface area (Å²) < 4.78 is 15.2. The van der Waals surface area contributed by atoms with Crippen LogP contribution < -0.4 is 20.9 Å². The van der Waals surface area contributed by atoms with Gasteiger partial charge in [-0.2, -0.15) is 4.98 Å². The van der Waals surface area contributed by atoms with Crippen LogP contribution in [0.15, 0.2) is 33.9 Å². The Kier molecular flexibility index (Phi) is 4.91. The molecular formula is C20H25N5O4. The number of hydrogen-bond donors (Lipinski definition) is 0. The van der Waals surface area contributed by atoms with Gasteiger partial charge in [-0.3, -0.25) is 13.9 Å². The number of ether oxygens (including phenoxy) is 2. The van der Waals surface area contributed by atoms with Crippen LogP contribution in [0.3, 0.4) is 0 Å². The van der Waals surface area contributed by atoms with Gasteiger partial charge in [0.2, 0.25) is 5.95 Å². The third-order valence-electron chi connectivity index (χ3n) is 5.34. The van der Waals surface area contributed by atoms with E-state index >= 15 is 0 Å². The van der Waals surface area contributed by atoms with Gasteiger partial charge in [0.1, 0.15) is 5.75 Å². The highest BCUT2D eigenvalue weighted by Crippen LogP contribution is 2.37. The van der Waals surface area contributed by atoms with Crippen molar-refractivity contribution in [1.29, 1.82) is 0 Å². The number of aromatic nitrogens is 4. The summed E-state index contributed by atoms with van der Waals surface area (Å²) in [6, 6.07) is 7.72. The fourth-order valence-electron chi connectivity index (χ4n) is 3.94. The summed E-state index contributed by atoms with van der Waals surface area (Å²) >= 11 is 0. The highest BCUT2D eigenvalue weighted by Gasteiger charge is 2.30. The zero-order chi connectivity index (χ0) is 20.7. The van der Waals surface area contributed by atoms with Crippen LogP contribution in [0.1, 0.15) is 6.92 Å². The molecule has 0 spiro atoms. The number of rotatable bonds is 5. The van der Waals surface area contributed by atoms with Gasteiger partial charge in [-0.1, -0.05) is 19.1 Å². The number of imidazole rings is 1. The number of benzene rings is 1. The predicted octanol–water partition coefficient (Wildman–Crippen LogP) is 1.34. The molecule has 2 aromatic heterocycles. The maximum absolute atomic E-state index is 13.2. The summed E-state index contributed by atoms with van der Waals surface area (Å²) in [5.41, 5.74) is 0.963. The molecule has 0 bridgehead atoms. The molecule has 0 unspecified atom stereocenters. The second-order valence-electron chi connectivity index (χ2n) is 7.37. The van der Waals surface area contributed by atoms with Crippen molar-refractivity contribution < 1.29 is 9.47 Å². The standard InChI is InChI=1S/C20H25N5O4/c1-13-11-24(14-7-5-6-8-15(14)29-4)19-21-17-16(25(19)12-13)18(26)23(9-10-28-3)20(27)22(17)2/h5-8,13H,9-12H2,1-4H3/t13-/m0/s1. The Labute approximate surface area is 167 Å². The molecule has 1 atom stereocenters. The minimum atomic E-state index is -0.396. The van der Waals surface area contributed by atoms with Gasteiger partial charge < -0.3 is 18.9 Å². The Hall–Kier alpha value is -3.07. The smallest absolute Gasteiger partial charge is 0.332 e. The van der Waals surface area contributed by atoms with E-state index in [1.807, 2.05) is 28.8 Å². The van der Waals surface area contributed by atoms with Gasteiger partial charge in [-0.15, -0.1) is 0 Å². The summed E-state index contributed by atoms with van der Waals surface area (Å²) in [7, 11) is 4.82. The molecule has 0 saturated carbocycles. The fraction of sp³-hybridized carbons (Fsp3) is 0.450. The molecule has 154 valence electrons. The van der Waals surface area contributed by atoms with Crippen LogP contribution in [-0.2, 0) is 24.9 Å². The highest BCUT2D eigenvalue weighted by atomic mass is 16.5. The number of anilines is 2. The summed E-state index contributed by atoms with van der Waals surface area (Å²) in [5.74, 6) is 1.64. The lowest BCUT2D eigenvalue weighted by atomic mass is 10.1. The molecule has 0 fully saturated rings. The molecular weight excluding hydrogens is 374 g/mol. The quantitative estimate of drug-likeness (QED) is 0.644. The SMILES string of the molecule is COCCn1c(=O)c2c(nc3n2C[C@@H](C)CN3c2ccccc2OC)n(C)c1=O. The normalized spacial score (nSPS) is 16.3. The van der Waals surface area contributed by atoms with Crippen molar-refractivity contribution >= 4 is 22.8 Å². The van der Waals surface area contributed by atoms with E-state index < -0.39 is 5.69 Å². The predicted molar refractivity (Wildman–Crippen MR) is 110 cm³/mol. The van der Waals surface area contributed by atoms with Crippen molar-refractivity contribution in [3.8, 4) is 5.75 Å². The minimum absolute atomic E-state index is 0.199. The molecule has 3 heterocycles. The number of para-hydroxylation sites is 2. The first-order chi connectivity index (χ1) is 14.0. The monoisotopic (exact) mass is 399 g/mol. The van der Waals surface area contributed by atoms with E-state index in [0.29, 0.717) is 23.7 Å². The van der Waals surface area contributed by atoms with Gasteiger partial charge in [-0.05, 0) is 18.1 Å². The highest BCUT2D eigenvalue weighted by molar-refractivity contribution is 5.78. The Morgan fingerprint density at radius 2 is 1.93 bits per heavy atom. The van der Waals surface area contributed by atoms with E-state index in [2.05, 4.69) is 11.8 Å². The first-order valence-electron chi connectivity index (χ1n) is 9.57. The molecule has 0 aliphatic carbocycles. The van der Waals surface area contributed by atoms with Crippen LogP contribution in [0.25, 0.3) is 11.2 Å². The van der Waals surface area contributed by atoms with Crippen LogP contribution >= 0.6 is 0 Å². The molecule has 0 amide bonds. The van der Waals surface area contributed by atoms with E-state index in [9.17, 15) is 9.59 Å². The third-order valence-corrected chi connectivity index (χ3v) is 5.34. The van der Waals surface area contributed by atoms with Gasteiger partial charge in [0.05, 0.1) is 25.9 Å². The molecule has 0 N–H and O–H groups in total. The molecule has 4 rings (SSSR count). The molecule has 0 saturated heterocycles. The average molecular weight is 399 g/mol. The third kappa shape index (κ3) is 3.02. The van der Waals surface area contributed by atoms with Gasteiger partial charge >= 0.3 is 5.69 Å². The van der Waals surface area contributed by atoms with Crippen LogP contribution in [0.4, 0.5) is 11.6 Å². The molecule has 1 aliphatic heterocycles. The topological polar surface area (TPSA) is 83.5 Å². The van der Waals surface area contributed by atoms with Crippen molar-refractivity contribution in [3.05, 3.63) is 45.1 Å². The van der Waals surface area contributed by atoms with E-state index in [-0.39, 0.29) is 24.6 Å². The van der Waals surface area contributed by atoms with E-state index in [1.54, 1.807) is 21.3 Å². The van der Waals surface area contributed by atoms with Gasteiger partial charge in [0.15, 0.2) is 11.2 Å². The van der Waals surface area contributed by atoms with Crippen molar-refractivity contribution in [2.75, 3.05) is 32.3 Å². The molecule has 29 heavy (non-hydrogen) atoms. The molecule has 1 aliphatic rings. The summed E-state index contributed by atoms with van der Waals surface area (Å²) in [4.78, 5) is 32.7. The molecule has 9 heteroatoms. The summed E-state index contributed by atoms with van der Waals surface area (Å²) in [6.07, 6.45) is 0. The van der Waals surface area contributed by atoms with Crippen LogP contribution in [-0.4, -0.2) is 46.1 Å². The zero-order valence-electron chi connectivity index (χ0n) is 17.1. The average Bonchev–Trinajstić information content (AvgIpc) is 3.11. The van der Waals surface area contributed by atoms with Crippen LogP contribution in [0.2, 0.25) is 0 Å². The maximum atomic E-state index is 13.2. The second-order valence-corrected chi connectivity index (χ2v) is 7.37. The summed E-state index contributed by atoms with van der Waals surface area (Å²) in [6.45, 7) is 3.99. The Bertz CT molecular complexity index is 1180. The number of methoxy groups -OCH3 is 2. The van der Waals surface area contributed by atoms with Gasteiger partial charge in [-0.25, -0.2) is 4.79 Å². The van der Waals surface area contributed by atoms with Crippen molar-refractivity contribution in [1.82, 2.24) is 18.7 Å². The van der Waals surface area contributed by atoms with Crippen LogP contribution in [0.5, 0.6) is 5.75 Å². The first-order valence-corrected chi connectivity index (χ1v) is 9.57. The van der Waals surface area contributed by atoms with E-state index in [0.717, 1.165) is 18.0 Å². The Morgan fingerprint density at radius 3 is 2.66 bits per heavy atom. The van der Waals surface area contributed by atoms with Crippen molar-refractivity contribution in [2.24, 2.45) is 13.0 Å². The largest absolute Gasteiger partial charge is 0.495 e. The lowest BCUT2D eigenvalue weighted by molar-refractivity contribution is 0.184. The fourth-order valence-corrected chi connectivity index (χ4v) is 3.94. The molecule has 3 aromatic rings. The molecule has 0 radical (unpaired) electrons. The summed E-state index contributed by atoms with van der Waals surface area (Å²) in [5, 5.41) is 0. The molecule has 9 nitrogen and oxygen atoms in total. The van der Waals surface area contributed by atoms with Crippen LogP contribution in [0, 0.1) is 5.92 Å². The Morgan fingerprint density at radius 1 is 1.17 bits per heavy atom. The molecule has 1 aromatic carbocycles. The number of aryl methyl sites for hydroxylation is 1. The first kappa shape index (κ1) is 19.3. The van der Waals surface area contributed by atoms with Gasteiger partial charge in [0, 0.05) is 27.2 Å². The number of nitrogens with zero attached hydrogens (tertiary/aromatic N) is 5. The van der Waals surface area contributed by atoms with Gasteiger partial charge in [0.25, 0.3) is 5.56 Å². The minimum Gasteiger partial charge on any atom is -0.495 e. The lowest BCUT2D eigenvalue weighted by Crippen LogP contribution is -2.41. The van der Waals surface area contributed by atoms with Crippen molar-refractivity contribution in [2.45, 2.75) is 20.0 Å². The maximum Gasteiger partial charge on any atom is 0.332 e. The second kappa shape index (κ2) is 7.40.